The average Bonchev–Trinajstić information content (AvgIpc) is 0.864. The van der Waals surface area contributed by atoms with Crippen molar-refractivity contribution in [3.63, 3.8) is 0 Å². The second kappa shape index (κ2) is 29.9. The molecular weight excluding hydrogens is 1380 g/mol. The Morgan fingerprint density at radius 3 is 1.72 bits per heavy atom. The Kier molecular flexibility index (Phi) is 23.3. The van der Waals surface area contributed by atoms with Gasteiger partial charge in [0.15, 0.2) is 43.8 Å². The molecule has 7 saturated heterocycles. The van der Waals surface area contributed by atoms with Gasteiger partial charge in [0.2, 0.25) is 6.29 Å². The lowest BCUT2D eigenvalue weighted by Gasteiger charge is -2.72. The fraction of sp³-hybridized carbons (Fsp3) is 0.956. The molecule has 35 heteroatoms. The molecule has 0 bridgehead atoms. The largest absolute Gasteiger partial charge is 0.432 e. The number of rotatable bonds is 17. The highest BCUT2D eigenvalue weighted by atomic mass is 16.8. The summed E-state index contributed by atoms with van der Waals surface area (Å²) in [6.07, 6.45) is -49.2. The van der Waals surface area contributed by atoms with Crippen molar-refractivity contribution < 1.29 is 173 Å². The van der Waals surface area contributed by atoms with Crippen LogP contribution in [0.2, 0.25) is 0 Å². The second-order valence-electron chi connectivity index (χ2n) is 33.1. The first-order valence-corrected chi connectivity index (χ1v) is 36.0. The minimum atomic E-state index is -2.26. The number of carbonyl (C=O) groups is 1. The van der Waals surface area contributed by atoms with Crippen molar-refractivity contribution in [1.82, 2.24) is 0 Å². The van der Waals surface area contributed by atoms with Crippen LogP contribution in [0.1, 0.15) is 107 Å². The van der Waals surface area contributed by atoms with Gasteiger partial charge in [-0.05, 0) is 105 Å². The van der Waals surface area contributed by atoms with E-state index >= 15 is 4.79 Å². The third-order valence-electron chi connectivity index (χ3n) is 26.3. The second-order valence-corrected chi connectivity index (χ2v) is 33.1. The molecule has 41 atom stereocenters. The lowest BCUT2D eigenvalue weighted by molar-refractivity contribution is -0.387. The van der Waals surface area contributed by atoms with Gasteiger partial charge >= 0.3 is 5.97 Å². The molecule has 5 aliphatic carbocycles. The van der Waals surface area contributed by atoms with Crippen molar-refractivity contribution in [3.05, 3.63) is 11.6 Å². The van der Waals surface area contributed by atoms with Crippen molar-refractivity contribution in [2.75, 3.05) is 46.2 Å². The quantitative estimate of drug-likeness (QED) is 0.0366. The standard InChI is InChI=1S/C68H110O35/c1-25-37(77)41(81)43(83)56(94-25)98-48-32(75)21-91-55(44(48)84)97-47-26(2)95-57(46(86)50(47)100-60-52(87)67(89,23-71)24-93-60)101-51-39(79)31(74)20-92-59(51)103-61(88)68-14-13-62(3,4)15-28(68)27-9-10-35-63(5)16-29(72)53(64(6,22-70)34(63)11-12-65(35,7)66(27,8)17-36(68)76)102-58-45(85)49(40(80)33(18-69)96-58)99-54-42(82)38(78)30(73)19-90-54/h9,25-26,28-60,69-87,89H,10-24H2,1-8H3/t25-,26-,28+,29-,30+,31-,32+,33+,34+,35+,36+,37-,38-,39+,40+,41+,42+,43+,44+,45+,46+,47-,48-,49-,50-,51+,52-,53-,54-,55-,56-,57-,58-,59-,60-,63-,64-,65+,66+,67-,68+/m0/s1. The molecule has 0 aromatic heterocycles. The van der Waals surface area contributed by atoms with E-state index in [0.29, 0.717) is 32.1 Å². The number of ether oxygens (including phenoxy) is 14. The molecule has 0 aromatic rings. The molecule has 35 nitrogen and oxygen atoms in total. The Balaban J connectivity index is 0.781. The van der Waals surface area contributed by atoms with Gasteiger partial charge in [-0.3, -0.25) is 4.79 Å². The molecule has 20 N–H and O–H groups in total. The van der Waals surface area contributed by atoms with Crippen molar-refractivity contribution in [3.8, 4) is 0 Å². The van der Waals surface area contributed by atoms with Crippen molar-refractivity contribution in [1.29, 1.82) is 0 Å². The molecule has 11 fully saturated rings. The Morgan fingerprint density at radius 1 is 0.495 bits per heavy atom. The molecule has 4 saturated carbocycles. The van der Waals surface area contributed by atoms with E-state index < -0.39 is 293 Å². The van der Waals surface area contributed by atoms with Gasteiger partial charge in [0.25, 0.3) is 0 Å². The Bertz CT molecular complexity index is 2960. The molecule has 0 spiro atoms. The first-order chi connectivity index (χ1) is 48.3. The van der Waals surface area contributed by atoms with E-state index in [4.69, 9.17) is 66.3 Å². The number of allylic oxidation sites excluding steroid dienone is 2. The number of hydrogen-bond acceptors (Lipinski definition) is 35. The molecule has 12 aliphatic rings. The van der Waals surface area contributed by atoms with Gasteiger partial charge in [-0.1, -0.05) is 53.2 Å². The van der Waals surface area contributed by atoms with E-state index in [9.17, 15) is 102 Å². The SMILES string of the molecule is C[C@@H]1O[C@@H](O[C@@H]2[C@@H](O)[C@H](O[C@@H]3[C@@H](O[C@@H]4OC[C@@](O)(CO)[C@H]4O)[C@@H](O)[C@H](O[C@H]4[C@H](OC(=O)[C@]56CCC(C)(C)C[C@@H]5C5=CC[C@@H]7[C@@]8(C)C[C@H](O)[C@H](O[C@@H]9O[C@H](CO)[C@@H](O)[C@H](O[C@@H]%10OC[C@@H](O)[C@H](O)[C@H]%10O)[C@H]9O)[C@@](C)(CO)[C@@H]8CC[C@@]7(C)[C@]5(C)C[C@H]6O)OC[C@H](O)[C@H]4O)O[C@H]3C)OC[C@H]2O)[C@H](O)[C@H](O)[C@H]1O. The van der Waals surface area contributed by atoms with E-state index in [0.717, 1.165) is 5.57 Å². The average molecular weight is 1490 g/mol. The fourth-order valence-corrected chi connectivity index (χ4v) is 20.0. The van der Waals surface area contributed by atoms with Crippen LogP contribution < -0.4 is 0 Å². The van der Waals surface area contributed by atoms with Crippen LogP contribution in [0.15, 0.2) is 11.6 Å². The zero-order chi connectivity index (χ0) is 75.1. The third-order valence-corrected chi connectivity index (χ3v) is 26.3. The van der Waals surface area contributed by atoms with E-state index in [-0.39, 0.29) is 31.1 Å². The van der Waals surface area contributed by atoms with Gasteiger partial charge < -0.3 is 168 Å². The Labute approximate surface area is 594 Å². The van der Waals surface area contributed by atoms with E-state index in [1.807, 2.05) is 0 Å². The number of carbonyl (C=O) groups excluding carboxylic acids is 1. The molecule has 592 valence electrons. The zero-order valence-corrected chi connectivity index (χ0v) is 59.0. The predicted molar refractivity (Wildman–Crippen MR) is 338 cm³/mol. The molecule has 103 heavy (non-hydrogen) atoms. The summed E-state index contributed by atoms with van der Waals surface area (Å²) in [6, 6.07) is 0. The summed E-state index contributed by atoms with van der Waals surface area (Å²) < 4.78 is 83.6. The van der Waals surface area contributed by atoms with Crippen LogP contribution >= 0.6 is 0 Å². The van der Waals surface area contributed by atoms with Crippen LogP contribution in [0.5, 0.6) is 0 Å². The third kappa shape index (κ3) is 13.6. The maximum atomic E-state index is 15.8. The molecule has 0 amide bonds. The van der Waals surface area contributed by atoms with Gasteiger partial charge in [0.05, 0.1) is 76.8 Å². The van der Waals surface area contributed by atoms with Gasteiger partial charge in [-0.15, -0.1) is 0 Å². The maximum absolute atomic E-state index is 15.8. The fourth-order valence-electron chi connectivity index (χ4n) is 20.0. The highest BCUT2D eigenvalue weighted by Crippen LogP contribution is 2.76. The van der Waals surface area contributed by atoms with Crippen molar-refractivity contribution in [2.45, 2.75) is 309 Å². The van der Waals surface area contributed by atoms with Crippen LogP contribution in [0.25, 0.3) is 0 Å². The van der Waals surface area contributed by atoms with Crippen molar-refractivity contribution in [2.24, 2.45) is 50.2 Å². The Morgan fingerprint density at radius 2 is 1.06 bits per heavy atom. The summed E-state index contributed by atoms with van der Waals surface area (Å²) >= 11 is 0. The molecule has 0 radical (unpaired) electrons. The highest BCUT2D eigenvalue weighted by molar-refractivity contribution is 5.80. The summed E-state index contributed by atoms with van der Waals surface area (Å²) in [4.78, 5) is 15.8. The number of esters is 1. The zero-order valence-electron chi connectivity index (χ0n) is 59.0. The van der Waals surface area contributed by atoms with Crippen LogP contribution in [0, 0.1) is 50.2 Å². The summed E-state index contributed by atoms with van der Waals surface area (Å²) in [5.74, 6) is -2.22. The molecule has 0 unspecified atom stereocenters. The molecule has 7 aliphatic heterocycles. The Hall–Kier alpha value is -2.11. The van der Waals surface area contributed by atoms with Crippen LogP contribution in [-0.2, 0) is 71.1 Å². The molecule has 7 heterocycles. The van der Waals surface area contributed by atoms with E-state index in [1.54, 1.807) is 6.92 Å². The normalized spacial score (nSPS) is 55.9. The van der Waals surface area contributed by atoms with Gasteiger partial charge in [0, 0.05) is 5.41 Å². The summed E-state index contributed by atoms with van der Waals surface area (Å²) in [7, 11) is 0. The maximum Gasteiger partial charge on any atom is 0.317 e. The number of hydrogen-bond donors (Lipinski definition) is 20. The summed E-state index contributed by atoms with van der Waals surface area (Å²) in [6.45, 7) is 10.5. The number of aliphatic hydroxyl groups is 20. The van der Waals surface area contributed by atoms with Crippen LogP contribution in [-0.4, -0.2) is 357 Å². The number of aliphatic hydroxyl groups excluding tert-OH is 19. The first kappa shape index (κ1) is 80.4. The van der Waals surface area contributed by atoms with Crippen molar-refractivity contribution >= 4 is 5.97 Å². The van der Waals surface area contributed by atoms with Crippen LogP contribution in [0.3, 0.4) is 0 Å². The highest BCUT2D eigenvalue weighted by Gasteiger charge is 2.74. The minimum absolute atomic E-state index is 0.0425. The van der Waals surface area contributed by atoms with Gasteiger partial charge in [0.1, 0.15) is 127 Å². The monoisotopic (exact) mass is 1490 g/mol. The molecule has 0 aromatic carbocycles. The topological polar surface area (TPSA) is 551 Å². The van der Waals surface area contributed by atoms with Gasteiger partial charge in [-0.2, -0.15) is 0 Å². The summed E-state index contributed by atoms with van der Waals surface area (Å²) in [5, 5.41) is 224. The lowest BCUT2D eigenvalue weighted by Crippen LogP contribution is -2.71. The van der Waals surface area contributed by atoms with Gasteiger partial charge in [-0.25, -0.2) is 0 Å². The first-order valence-electron chi connectivity index (χ1n) is 36.0. The number of fused-ring (bicyclic) bond motifs is 7. The molecular formula is C68H110O35. The predicted octanol–water partition coefficient (Wildman–Crippen LogP) is -7.04. The molecule has 12 rings (SSSR count). The van der Waals surface area contributed by atoms with Crippen LogP contribution in [0.4, 0.5) is 0 Å². The summed E-state index contributed by atoms with van der Waals surface area (Å²) in [5.41, 5.74) is -6.94. The minimum Gasteiger partial charge on any atom is -0.432 e. The smallest absolute Gasteiger partial charge is 0.317 e. The van der Waals surface area contributed by atoms with E-state index in [1.165, 1.54) is 13.8 Å². The lowest BCUT2D eigenvalue weighted by atomic mass is 9.33. The van der Waals surface area contributed by atoms with E-state index in [2.05, 4.69) is 40.7 Å².